The number of aromatic hydroxyl groups is 1. The Morgan fingerprint density at radius 1 is 0.933 bits per heavy atom. The maximum atomic E-state index is 10.5. The second-order valence-electron chi connectivity index (χ2n) is 7.59. The molecule has 1 unspecified atom stereocenters. The summed E-state index contributed by atoms with van der Waals surface area (Å²) >= 11 is 0. The number of aliphatic hydroxyl groups excluding tert-OH is 1. The van der Waals surface area contributed by atoms with E-state index < -0.39 is 6.10 Å². The maximum absolute atomic E-state index is 10.5. The highest BCUT2D eigenvalue weighted by molar-refractivity contribution is 5.88. The molecule has 0 radical (unpaired) electrons. The van der Waals surface area contributed by atoms with Gasteiger partial charge in [0, 0.05) is 44.2 Å². The SMILES string of the molecule is COc1cc(O)ccc1N1CCN(CC(O)COc2cccc3ccccc23)CC1. The van der Waals surface area contributed by atoms with Crippen LogP contribution in [0.25, 0.3) is 10.8 Å². The third-order valence-corrected chi connectivity index (χ3v) is 5.53. The summed E-state index contributed by atoms with van der Waals surface area (Å²) in [6, 6.07) is 19.3. The number of rotatable bonds is 7. The highest BCUT2D eigenvalue weighted by Gasteiger charge is 2.22. The number of ether oxygens (including phenoxy) is 2. The topological polar surface area (TPSA) is 65.4 Å². The second kappa shape index (κ2) is 9.24. The Morgan fingerprint density at radius 2 is 1.70 bits per heavy atom. The molecule has 158 valence electrons. The van der Waals surface area contributed by atoms with Crippen molar-refractivity contribution in [2.24, 2.45) is 0 Å². The summed E-state index contributed by atoms with van der Waals surface area (Å²) in [5, 5.41) is 22.3. The number of methoxy groups -OCH3 is 1. The number of phenols is 1. The minimum atomic E-state index is -0.557. The fourth-order valence-electron chi connectivity index (χ4n) is 3.96. The number of anilines is 1. The van der Waals surface area contributed by atoms with Crippen molar-refractivity contribution in [3.05, 3.63) is 60.7 Å². The predicted octanol–water partition coefficient (Wildman–Crippen LogP) is 3.12. The van der Waals surface area contributed by atoms with Gasteiger partial charge in [0.05, 0.1) is 12.8 Å². The summed E-state index contributed by atoms with van der Waals surface area (Å²) in [5.41, 5.74) is 0.981. The molecule has 1 atom stereocenters. The number of aliphatic hydroxyl groups is 1. The van der Waals surface area contributed by atoms with Crippen LogP contribution in [0.3, 0.4) is 0 Å². The number of piperazine rings is 1. The van der Waals surface area contributed by atoms with Crippen LogP contribution < -0.4 is 14.4 Å². The number of β-amino-alcohol motifs (C(OH)–C–C–N with tert-alkyl or cyclic N) is 1. The molecule has 6 heteroatoms. The van der Waals surface area contributed by atoms with Crippen molar-refractivity contribution in [1.82, 2.24) is 4.90 Å². The molecule has 1 fully saturated rings. The van der Waals surface area contributed by atoms with Crippen LogP contribution in [0.5, 0.6) is 17.2 Å². The van der Waals surface area contributed by atoms with Gasteiger partial charge in [-0.25, -0.2) is 0 Å². The zero-order valence-electron chi connectivity index (χ0n) is 17.2. The zero-order chi connectivity index (χ0) is 20.9. The minimum absolute atomic E-state index is 0.198. The molecule has 0 aliphatic carbocycles. The monoisotopic (exact) mass is 408 g/mol. The number of hydrogen-bond donors (Lipinski definition) is 2. The van der Waals surface area contributed by atoms with Crippen molar-refractivity contribution < 1.29 is 19.7 Å². The van der Waals surface area contributed by atoms with E-state index in [2.05, 4.69) is 21.9 Å². The first-order valence-corrected chi connectivity index (χ1v) is 10.3. The van der Waals surface area contributed by atoms with Crippen molar-refractivity contribution >= 4 is 16.5 Å². The Kier molecular flexibility index (Phi) is 6.26. The van der Waals surface area contributed by atoms with Crippen LogP contribution in [-0.2, 0) is 0 Å². The van der Waals surface area contributed by atoms with E-state index in [0.29, 0.717) is 12.3 Å². The summed E-state index contributed by atoms with van der Waals surface area (Å²) in [6.07, 6.45) is -0.557. The molecule has 0 aromatic heterocycles. The summed E-state index contributed by atoms with van der Waals surface area (Å²) in [4.78, 5) is 4.49. The summed E-state index contributed by atoms with van der Waals surface area (Å²) in [6.45, 7) is 4.19. The molecule has 0 saturated carbocycles. The van der Waals surface area contributed by atoms with Gasteiger partial charge in [0.15, 0.2) is 0 Å². The lowest BCUT2D eigenvalue weighted by molar-refractivity contribution is 0.0668. The van der Waals surface area contributed by atoms with E-state index in [1.807, 2.05) is 36.4 Å². The van der Waals surface area contributed by atoms with Crippen LogP contribution in [0.15, 0.2) is 60.7 Å². The quantitative estimate of drug-likeness (QED) is 0.626. The van der Waals surface area contributed by atoms with E-state index in [9.17, 15) is 10.2 Å². The van der Waals surface area contributed by atoms with Crippen molar-refractivity contribution in [2.45, 2.75) is 6.10 Å². The highest BCUT2D eigenvalue weighted by Crippen LogP contribution is 2.32. The Balaban J connectivity index is 1.29. The Bertz CT molecular complexity index is 981. The molecule has 3 aromatic rings. The third-order valence-electron chi connectivity index (χ3n) is 5.53. The van der Waals surface area contributed by atoms with E-state index in [1.165, 1.54) is 0 Å². The van der Waals surface area contributed by atoms with Gasteiger partial charge in [0.2, 0.25) is 0 Å². The van der Waals surface area contributed by atoms with Crippen molar-refractivity contribution in [2.75, 3.05) is 51.3 Å². The van der Waals surface area contributed by atoms with Gasteiger partial charge in [0.25, 0.3) is 0 Å². The van der Waals surface area contributed by atoms with Gasteiger partial charge in [0.1, 0.15) is 30.0 Å². The standard InChI is InChI=1S/C24H28N2O4/c1-29-24-15-19(27)9-10-22(24)26-13-11-25(12-14-26)16-20(28)17-30-23-8-4-6-18-5-2-3-7-21(18)23/h2-10,15,20,27-28H,11-14,16-17H2,1H3. The van der Waals surface area contributed by atoms with Crippen LogP contribution >= 0.6 is 0 Å². The molecule has 0 spiro atoms. The van der Waals surface area contributed by atoms with Gasteiger partial charge in [-0.15, -0.1) is 0 Å². The maximum Gasteiger partial charge on any atom is 0.145 e. The molecule has 4 rings (SSSR count). The second-order valence-corrected chi connectivity index (χ2v) is 7.59. The van der Waals surface area contributed by atoms with E-state index >= 15 is 0 Å². The molecule has 1 aliphatic heterocycles. The van der Waals surface area contributed by atoms with Gasteiger partial charge in [-0.2, -0.15) is 0 Å². The highest BCUT2D eigenvalue weighted by atomic mass is 16.5. The fourth-order valence-corrected chi connectivity index (χ4v) is 3.96. The lowest BCUT2D eigenvalue weighted by Gasteiger charge is -2.37. The molecule has 30 heavy (non-hydrogen) atoms. The molecule has 0 amide bonds. The molecule has 1 aliphatic rings. The molecule has 1 saturated heterocycles. The third kappa shape index (κ3) is 4.61. The molecular weight excluding hydrogens is 380 g/mol. The van der Waals surface area contributed by atoms with Crippen molar-refractivity contribution in [3.63, 3.8) is 0 Å². The Labute approximate surface area is 176 Å². The molecule has 3 aromatic carbocycles. The van der Waals surface area contributed by atoms with Crippen LogP contribution in [-0.4, -0.2) is 67.7 Å². The predicted molar refractivity (Wildman–Crippen MR) is 119 cm³/mol. The van der Waals surface area contributed by atoms with Crippen LogP contribution in [0.1, 0.15) is 0 Å². The Morgan fingerprint density at radius 3 is 2.50 bits per heavy atom. The number of nitrogens with zero attached hydrogens (tertiary/aromatic N) is 2. The average molecular weight is 408 g/mol. The summed E-state index contributed by atoms with van der Waals surface area (Å²) < 4.78 is 11.3. The lowest BCUT2D eigenvalue weighted by Crippen LogP contribution is -2.49. The molecular formula is C24H28N2O4. The molecule has 2 N–H and O–H groups in total. The van der Waals surface area contributed by atoms with Crippen LogP contribution in [0.2, 0.25) is 0 Å². The summed E-state index contributed by atoms with van der Waals surface area (Å²) in [7, 11) is 1.61. The average Bonchev–Trinajstić information content (AvgIpc) is 2.78. The van der Waals surface area contributed by atoms with Gasteiger partial charge in [-0.1, -0.05) is 36.4 Å². The van der Waals surface area contributed by atoms with Gasteiger partial charge < -0.3 is 24.6 Å². The first-order chi connectivity index (χ1) is 14.6. The van der Waals surface area contributed by atoms with E-state index in [4.69, 9.17) is 9.47 Å². The van der Waals surface area contributed by atoms with E-state index in [1.54, 1.807) is 19.2 Å². The Hall–Kier alpha value is -2.96. The first-order valence-electron chi connectivity index (χ1n) is 10.3. The largest absolute Gasteiger partial charge is 0.508 e. The number of hydrogen-bond acceptors (Lipinski definition) is 6. The zero-order valence-corrected chi connectivity index (χ0v) is 17.2. The van der Waals surface area contributed by atoms with Crippen LogP contribution in [0.4, 0.5) is 5.69 Å². The smallest absolute Gasteiger partial charge is 0.145 e. The van der Waals surface area contributed by atoms with Crippen LogP contribution in [0, 0.1) is 0 Å². The number of phenolic OH excluding ortho intramolecular Hbond substituents is 1. The normalized spacial score (nSPS) is 15.9. The molecule has 0 bridgehead atoms. The number of benzene rings is 3. The van der Waals surface area contributed by atoms with Gasteiger partial charge in [-0.3, -0.25) is 4.90 Å². The van der Waals surface area contributed by atoms with Gasteiger partial charge in [-0.05, 0) is 23.6 Å². The van der Waals surface area contributed by atoms with E-state index in [0.717, 1.165) is 48.4 Å². The molecule has 1 heterocycles. The van der Waals surface area contributed by atoms with Gasteiger partial charge >= 0.3 is 0 Å². The lowest BCUT2D eigenvalue weighted by atomic mass is 10.1. The fraction of sp³-hybridized carbons (Fsp3) is 0.333. The number of fused-ring (bicyclic) bond motifs is 1. The first kappa shape index (κ1) is 20.3. The summed E-state index contributed by atoms with van der Waals surface area (Å²) in [5.74, 6) is 1.67. The molecule has 6 nitrogen and oxygen atoms in total. The minimum Gasteiger partial charge on any atom is -0.508 e. The van der Waals surface area contributed by atoms with Crippen molar-refractivity contribution in [3.8, 4) is 17.2 Å². The van der Waals surface area contributed by atoms with E-state index in [-0.39, 0.29) is 12.4 Å². The van der Waals surface area contributed by atoms with Crippen molar-refractivity contribution in [1.29, 1.82) is 0 Å².